The molecule has 0 atom stereocenters. The molecular weight excluding hydrogens is 265 g/mol. The van der Waals surface area contributed by atoms with Gasteiger partial charge in [0.05, 0.1) is 5.69 Å². The van der Waals surface area contributed by atoms with Crippen molar-refractivity contribution in [1.82, 2.24) is 4.98 Å². The summed E-state index contributed by atoms with van der Waals surface area (Å²) in [5.41, 5.74) is 0.903. The first kappa shape index (κ1) is 7.85. The van der Waals surface area contributed by atoms with Crippen LogP contribution in [0, 0.1) is 3.57 Å². The van der Waals surface area contributed by atoms with E-state index in [1.165, 1.54) is 0 Å². The lowest BCUT2D eigenvalue weighted by atomic mass is 10.3. The highest BCUT2D eigenvalue weighted by atomic mass is 127. The van der Waals surface area contributed by atoms with Crippen molar-refractivity contribution in [2.45, 2.75) is 6.17 Å². The van der Waals surface area contributed by atoms with Crippen LogP contribution in [-0.2, 0) is 0 Å². The van der Waals surface area contributed by atoms with Crippen LogP contribution in [0.5, 0.6) is 0 Å². The largest absolute Gasteiger partial charge is 0.259 e. The van der Waals surface area contributed by atoms with Gasteiger partial charge >= 0.3 is 0 Å². The monoisotopic (exact) mass is 271 g/mol. The Labute approximate surface area is 83.8 Å². The third-order valence-corrected chi connectivity index (χ3v) is 2.17. The molecule has 60 valence electrons. The predicted octanol–water partition coefficient (Wildman–Crippen LogP) is 1.84. The number of hydrogen-bond donors (Lipinski definition) is 0. The van der Waals surface area contributed by atoms with E-state index in [1.54, 1.807) is 12.4 Å². The highest BCUT2D eigenvalue weighted by molar-refractivity contribution is 14.1. The van der Waals surface area contributed by atoms with E-state index in [0.717, 1.165) is 9.26 Å². The highest BCUT2D eigenvalue weighted by Gasteiger charge is 2.09. The lowest BCUT2D eigenvalue weighted by Crippen LogP contribution is -1.92. The number of aliphatic imine (C=N–C) groups is 2. The van der Waals surface area contributed by atoms with Crippen molar-refractivity contribution < 1.29 is 0 Å². The van der Waals surface area contributed by atoms with Crippen molar-refractivity contribution >= 4 is 35.0 Å². The topological polar surface area (TPSA) is 37.6 Å². The molecule has 0 saturated carbocycles. The highest BCUT2D eigenvalue weighted by Crippen LogP contribution is 2.18. The van der Waals surface area contributed by atoms with Crippen LogP contribution in [0.25, 0.3) is 0 Å². The van der Waals surface area contributed by atoms with Gasteiger partial charge in [0, 0.05) is 22.2 Å². The van der Waals surface area contributed by atoms with Crippen LogP contribution in [0.2, 0.25) is 0 Å². The molecule has 1 aromatic heterocycles. The second kappa shape index (κ2) is 3.30. The molecule has 0 amide bonds. The first-order valence-corrected chi connectivity index (χ1v) is 4.60. The van der Waals surface area contributed by atoms with Crippen molar-refractivity contribution in [3.05, 3.63) is 27.6 Å². The number of rotatable bonds is 1. The molecule has 3 nitrogen and oxygen atoms in total. The van der Waals surface area contributed by atoms with E-state index in [9.17, 15) is 0 Å². The lowest BCUT2D eigenvalue weighted by Gasteiger charge is -2.01. The minimum atomic E-state index is -0.109. The number of halogens is 1. The Kier molecular flexibility index (Phi) is 2.16. The van der Waals surface area contributed by atoms with Crippen LogP contribution in [0.3, 0.4) is 0 Å². The van der Waals surface area contributed by atoms with Crippen molar-refractivity contribution in [2.75, 3.05) is 0 Å². The molecule has 1 aliphatic rings. The summed E-state index contributed by atoms with van der Waals surface area (Å²) in [4.78, 5) is 12.5. The quantitative estimate of drug-likeness (QED) is 0.718. The van der Waals surface area contributed by atoms with Gasteiger partial charge in [-0.25, -0.2) is 0 Å². The molecule has 0 unspecified atom stereocenters. The van der Waals surface area contributed by atoms with Crippen molar-refractivity contribution in [3.63, 3.8) is 0 Å². The summed E-state index contributed by atoms with van der Waals surface area (Å²) in [7, 11) is 0. The first-order chi connectivity index (χ1) is 5.86. The summed E-state index contributed by atoms with van der Waals surface area (Å²) < 4.78 is 1.13. The Bertz CT molecular complexity index is 317. The number of nitrogens with zero attached hydrogens (tertiary/aromatic N) is 3. The maximum absolute atomic E-state index is 4.23. The normalized spacial score (nSPS) is 15.8. The van der Waals surface area contributed by atoms with Gasteiger partial charge in [0.1, 0.15) is 0 Å². The van der Waals surface area contributed by atoms with Crippen LogP contribution < -0.4 is 0 Å². The maximum Gasteiger partial charge on any atom is 0.181 e. The Morgan fingerprint density at radius 2 is 1.92 bits per heavy atom. The van der Waals surface area contributed by atoms with E-state index in [1.807, 2.05) is 18.3 Å². The number of aromatic nitrogens is 1. The number of hydrogen-bond acceptors (Lipinski definition) is 3. The molecule has 12 heavy (non-hydrogen) atoms. The molecule has 0 N–H and O–H groups in total. The molecule has 2 rings (SSSR count). The van der Waals surface area contributed by atoms with Gasteiger partial charge in [0.25, 0.3) is 0 Å². The fourth-order valence-electron chi connectivity index (χ4n) is 0.971. The molecule has 0 saturated heterocycles. The standard InChI is InChI=1S/C8H6IN3/c9-6-1-2-7(12-5-6)8-10-3-4-11-8/h1-5,8H. The average Bonchev–Trinajstić information content (AvgIpc) is 2.58. The van der Waals surface area contributed by atoms with E-state index < -0.39 is 0 Å². The zero-order valence-corrected chi connectivity index (χ0v) is 8.34. The van der Waals surface area contributed by atoms with E-state index in [2.05, 4.69) is 37.6 Å². The second-order valence-corrected chi connectivity index (χ2v) is 3.62. The summed E-state index contributed by atoms with van der Waals surface area (Å²) >= 11 is 2.22. The maximum atomic E-state index is 4.23. The van der Waals surface area contributed by atoms with Gasteiger partial charge in [-0.2, -0.15) is 0 Å². The van der Waals surface area contributed by atoms with Crippen molar-refractivity contribution in [3.8, 4) is 0 Å². The fraction of sp³-hybridized carbons (Fsp3) is 0.125. The summed E-state index contributed by atoms with van der Waals surface area (Å²) in [6.07, 6.45) is 5.11. The smallest absolute Gasteiger partial charge is 0.181 e. The van der Waals surface area contributed by atoms with Gasteiger partial charge in [-0.1, -0.05) is 0 Å². The summed E-state index contributed by atoms with van der Waals surface area (Å²) in [6.45, 7) is 0. The van der Waals surface area contributed by atoms with Crippen LogP contribution >= 0.6 is 22.6 Å². The first-order valence-electron chi connectivity index (χ1n) is 3.52. The van der Waals surface area contributed by atoms with E-state index in [0.29, 0.717) is 0 Å². The molecule has 1 aliphatic heterocycles. The summed E-state index contributed by atoms with van der Waals surface area (Å²) in [5, 5.41) is 0. The van der Waals surface area contributed by atoms with Gasteiger partial charge in [-0.15, -0.1) is 0 Å². The SMILES string of the molecule is Ic1ccc(C2N=CC=N2)nc1. The Balaban J connectivity index is 2.29. The minimum absolute atomic E-state index is 0.109. The van der Waals surface area contributed by atoms with Gasteiger partial charge < -0.3 is 0 Å². The molecule has 2 heterocycles. The van der Waals surface area contributed by atoms with Crippen LogP contribution in [-0.4, -0.2) is 17.4 Å². The van der Waals surface area contributed by atoms with E-state index >= 15 is 0 Å². The fourth-order valence-corrected chi connectivity index (χ4v) is 1.29. The zero-order chi connectivity index (χ0) is 8.39. The van der Waals surface area contributed by atoms with Crippen LogP contribution in [0.4, 0.5) is 0 Å². The Morgan fingerprint density at radius 1 is 1.17 bits per heavy atom. The van der Waals surface area contributed by atoms with E-state index in [-0.39, 0.29) is 6.17 Å². The van der Waals surface area contributed by atoms with Gasteiger partial charge in [0.2, 0.25) is 0 Å². The summed E-state index contributed by atoms with van der Waals surface area (Å²) in [6, 6.07) is 3.96. The third-order valence-electron chi connectivity index (χ3n) is 1.54. The van der Waals surface area contributed by atoms with Crippen molar-refractivity contribution in [1.29, 1.82) is 0 Å². The molecule has 1 aromatic rings. The minimum Gasteiger partial charge on any atom is -0.259 e. The van der Waals surface area contributed by atoms with Crippen molar-refractivity contribution in [2.24, 2.45) is 9.98 Å². The van der Waals surface area contributed by atoms with Crippen LogP contribution in [0.1, 0.15) is 11.9 Å². The summed E-state index contributed by atoms with van der Waals surface area (Å²) in [5.74, 6) is 0. The Hall–Kier alpha value is -0.780. The molecule has 0 aliphatic carbocycles. The van der Waals surface area contributed by atoms with Gasteiger partial charge in [-0.3, -0.25) is 15.0 Å². The molecule has 0 spiro atoms. The number of pyridine rings is 1. The Morgan fingerprint density at radius 3 is 2.50 bits per heavy atom. The molecule has 0 bridgehead atoms. The second-order valence-electron chi connectivity index (χ2n) is 2.37. The van der Waals surface area contributed by atoms with Gasteiger partial charge in [-0.05, 0) is 34.7 Å². The molecule has 4 heteroatoms. The molecule has 0 aromatic carbocycles. The van der Waals surface area contributed by atoms with E-state index in [4.69, 9.17) is 0 Å². The van der Waals surface area contributed by atoms with Gasteiger partial charge in [0.15, 0.2) is 6.17 Å². The average molecular weight is 271 g/mol. The third kappa shape index (κ3) is 1.52. The van der Waals surface area contributed by atoms with Crippen LogP contribution in [0.15, 0.2) is 28.3 Å². The molecule has 0 fully saturated rings. The molecule has 0 radical (unpaired) electrons. The lowest BCUT2D eigenvalue weighted by molar-refractivity contribution is 0.766. The zero-order valence-electron chi connectivity index (χ0n) is 6.18. The predicted molar refractivity (Wildman–Crippen MR) is 56.7 cm³/mol. The molecular formula is C8H6IN3.